The van der Waals surface area contributed by atoms with Gasteiger partial charge in [-0.05, 0) is 30.3 Å². The number of aliphatic hydroxyl groups is 1. The number of ketones is 1. The van der Waals surface area contributed by atoms with E-state index >= 15 is 0 Å². The molecule has 25 heavy (non-hydrogen) atoms. The van der Waals surface area contributed by atoms with Gasteiger partial charge in [0, 0.05) is 11.3 Å². The standard InChI is InChI=1S/C18H13FN2O4/c19-11-5-6-14-13(9-11)18(24,17(23)21-14)10-15(22)12-3-1-2-4-16(12)25-8-7-20/h1-6,9,24H,8,10H2,(H,21,23)/t18-/m1/s1. The lowest BCUT2D eigenvalue weighted by Crippen LogP contribution is -2.36. The maximum absolute atomic E-state index is 13.5. The van der Waals surface area contributed by atoms with Gasteiger partial charge in [-0.2, -0.15) is 5.26 Å². The lowest BCUT2D eigenvalue weighted by Gasteiger charge is -2.20. The number of carbonyl (C=O) groups is 2. The van der Waals surface area contributed by atoms with Crippen LogP contribution in [0, 0.1) is 17.1 Å². The van der Waals surface area contributed by atoms with E-state index in [1.807, 2.05) is 0 Å². The van der Waals surface area contributed by atoms with Crippen LogP contribution < -0.4 is 10.1 Å². The first-order valence-electron chi connectivity index (χ1n) is 7.41. The minimum Gasteiger partial charge on any atom is -0.478 e. The summed E-state index contributed by atoms with van der Waals surface area (Å²) in [6.45, 7) is -0.247. The fourth-order valence-corrected chi connectivity index (χ4v) is 2.75. The Morgan fingerprint density at radius 1 is 1.32 bits per heavy atom. The van der Waals surface area contributed by atoms with Crippen LogP contribution in [0.25, 0.3) is 0 Å². The first-order chi connectivity index (χ1) is 12.0. The van der Waals surface area contributed by atoms with Crippen LogP contribution in [0.2, 0.25) is 0 Å². The van der Waals surface area contributed by atoms with Crippen molar-refractivity contribution in [3.05, 3.63) is 59.4 Å². The van der Waals surface area contributed by atoms with Gasteiger partial charge >= 0.3 is 0 Å². The number of hydrogen-bond donors (Lipinski definition) is 2. The van der Waals surface area contributed by atoms with Crippen molar-refractivity contribution in [1.29, 1.82) is 5.26 Å². The Labute approximate surface area is 142 Å². The molecule has 0 fully saturated rings. The van der Waals surface area contributed by atoms with Crippen LogP contribution in [0.3, 0.4) is 0 Å². The van der Waals surface area contributed by atoms with Crippen LogP contribution in [-0.4, -0.2) is 23.4 Å². The van der Waals surface area contributed by atoms with Crippen LogP contribution in [-0.2, 0) is 10.4 Å². The largest absolute Gasteiger partial charge is 0.478 e. The molecule has 3 rings (SSSR count). The molecule has 1 aliphatic rings. The minimum absolute atomic E-state index is 0.0151. The molecule has 0 aliphatic carbocycles. The summed E-state index contributed by atoms with van der Waals surface area (Å²) in [5, 5.41) is 21.8. The summed E-state index contributed by atoms with van der Waals surface area (Å²) in [7, 11) is 0. The first-order valence-corrected chi connectivity index (χ1v) is 7.41. The van der Waals surface area contributed by atoms with Gasteiger partial charge in [-0.15, -0.1) is 0 Å². The molecule has 2 aromatic rings. The van der Waals surface area contributed by atoms with Gasteiger partial charge in [0.1, 0.15) is 17.6 Å². The van der Waals surface area contributed by atoms with Crippen LogP contribution in [0.1, 0.15) is 22.3 Å². The van der Waals surface area contributed by atoms with E-state index in [0.717, 1.165) is 12.1 Å². The minimum atomic E-state index is -2.17. The number of nitriles is 1. The van der Waals surface area contributed by atoms with Crippen LogP contribution in [0.5, 0.6) is 5.75 Å². The van der Waals surface area contributed by atoms with E-state index in [1.165, 1.54) is 18.2 Å². The fraction of sp³-hybridized carbons (Fsp3) is 0.167. The second kappa shape index (κ2) is 6.34. The van der Waals surface area contributed by atoms with Crippen molar-refractivity contribution < 1.29 is 23.8 Å². The fourth-order valence-electron chi connectivity index (χ4n) is 2.75. The van der Waals surface area contributed by atoms with Gasteiger partial charge in [-0.3, -0.25) is 9.59 Å². The summed E-state index contributed by atoms with van der Waals surface area (Å²) in [6, 6.07) is 11.5. The summed E-state index contributed by atoms with van der Waals surface area (Å²) in [4.78, 5) is 24.8. The topological polar surface area (TPSA) is 99.4 Å². The summed E-state index contributed by atoms with van der Waals surface area (Å²) in [5.41, 5.74) is -1.77. The molecule has 126 valence electrons. The van der Waals surface area contributed by atoms with E-state index in [-0.39, 0.29) is 29.2 Å². The van der Waals surface area contributed by atoms with Crippen molar-refractivity contribution in [2.75, 3.05) is 11.9 Å². The van der Waals surface area contributed by atoms with Gasteiger partial charge < -0.3 is 15.2 Å². The van der Waals surface area contributed by atoms with E-state index in [4.69, 9.17) is 10.00 Å². The molecule has 0 saturated carbocycles. The number of nitrogens with one attached hydrogen (secondary N) is 1. The Balaban J connectivity index is 1.93. The van der Waals surface area contributed by atoms with Gasteiger partial charge in [-0.1, -0.05) is 12.1 Å². The van der Waals surface area contributed by atoms with Crippen LogP contribution >= 0.6 is 0 Å². The number of Topliss-reactive ketones (excluding diaryl/α,β-unsaturated/α-hetero) is 1. The highest BCUT2D eigenvalue weighted by atomic mass is 19.1. The molecule has 0 saturated heterocycles. The Morgan fingerprint density at radius 3 is 2.84 bits per heavy atom. The number of halogens is 1. The molecule has 7 heteroatoms. The Kier molecular flexibility index (Phi) is 4.21. The van der Waals surface area contributed by atoms with E-state index < -0.39 is 29.5 Å². The van der Waals surface area contributed by atoms with Gasteiger partial charge in [0.2, 0.25) is 0 Å². The Hall–Kier alpha value is -3.24. The molecule has 1 aliphatic heterocycles. The number of hydrogen-bond acceptors (Lipinski definition) is 5. The number of carbonyl (C=O) groups excluding carboxylic acids is 2. The first kappa shape index (κ1) is 16.6. The molecule has 6 nitrogen and oxygen atoms in total. The SMILES string of the molecule is N#CCOc1ccccc1C(=O)C[C@]1(O)C(=O)Nc2ccc(F)cc21. The molecule has 0 unspecified atom stereocenters. The number of rotatable bonds is 5. The molecule has 1 atom stereocenters. The summed E-state index contributed by atoms with van der Waals surface area (Å²) in [5.74, 6) is -1.81. The summed E-state index contributed by atoms with van der Waals surface area (Å²) < 4.78 is 18.7. The van der Waals surface area contributed by atoms with E-state index in [9.17, 15) is 19.1 Å². The van der Waals surface area contributed by atoms with Gasteiger partial charge in [-0.25, -0.2) is 4.39 Å². The molecule has 0 spiro atoms. The average Bonchev–Trinajstić information content (AvgIpc) is 2.84. The summed E-state index contributed by atoms with van der Waals surface area (Å²) >= 11 is 0. The molecule has 0 aromatic heterocycles. The van der Waals surface area contributed by atoms with Crippen molar-refractivity contribution in [1.82, 2.24) is 0 Å². The third kappa shape index (κ3) is 2.95. The molecule has 0 bridgehead atoms. The number of para-hydroxylation sites is 1. The van der Waals surface area contributed by atoms with E-state index in [0.29, 0.717) is 0 Å². The number of ether oxygens (including phenoxy) is 1. The second-order valence-corrected chi connectivity index (χ2v) is 5.55. The number of amides is 1. The average molecular weight is 340 g/mol. The second-order valence-electron chi connectivity index (χ2n) is 5.55. The van der Waals surface area contributed by atoms with Crippen molar-refractivity contribution in [3.63, 3.8) is 0 Å². The quantitative estimate of drug-likeness (QED) is 0.813. The third-order valence-corrected chi connectivity index (χ3v) is 3.95. The maximum atomic E-state index is 13.5. The van der Waals surface area contributed by atoms with Crippen molar-refractivity contribution in [2.45, 2.75) is 12.0 Å². The van der Waals surface area contributed by atoms with E-state index in [2.05, 4.69) is 5.32 Å². The number of nitrogens with zero attached hydrogens (tertiary/aromatic N) is 1. The maximum Gasteiger partial charge on any atom is 0.261 e. The third-order valence-electron chi connectivity index (χ3n) is 3.95. The summed E-state index contributed by atoms with van der Waals surface area (Å²) in [6.07, 6.45) is -0.581. The van der Waals surface area contributed by atoms with Crippen molar-refractivity contribution in [2.24, 2.45) is 0 Å². The van der Waals surface area contributed by atoms with Gasteiger partial charge in [0.25, 0.3) is 5.91 Å². The zero-order valence-electron chi connectivity index (χ0n) is 13.0. The number of fused-ring (bicyclic) bond motifs is 1. The lowest BCUT2D eigenvalue weighted by atomic mass is 9.88. The number of benzene rings is 2. The highest BCUT2D eigenvalue weighted by molar-refractivity contribution is 6.09. The monoisotopic (exact) mass is 340 g/mol. The molecule has 1 amide bonds. The smallest absolute Gasteiger partial charge is 0.261 e. The zero-order chi connectivity index (χ0) is 18.0. The molecule has 2 aromatic carbocycles. The van der Waals surface area contributed by atoms with Crippen LogP contribution in [0.4, 0.5) is 10.1 Å². The molecular weight excluding hydrogens is 327 g/mol. The number of anilines is 1. The Morgan fingerprint density at radius 2 is 2.08 bits per heavy atom. The zero-order valence-corrected chi connectivity index (χ0v) is 13.0. The normalized spacial score (nSPS) is 18.2. The predicted molar refractivity (Wildman–Crippen MR) is 85.4 cm³/mol. The van der Waals surface area contributed by atoms with Crippen LogP contribution in [0.15, 0.2) is 42.5 Å². The predicted octanol–water partition coefficient (Wildman–Crippen LogP) is 2.14. The van der Waals surface area contributed by atoms with Crippen molar-refractivity contribution in [3.8, 4) is 11.8 Å². The molecule has 1 heterocycles. The van der Waals surface area contributed by atoms with Crippen molar-refractivity contribution >= 4 is 17.4 Å². The molecule has 0 radical (unpaired) electrons. The Bertz CT molecular complexity index is 906. The van der Waals surface area contributed by atoms with E-state index in [1.54, 1.807) is 18.2 Å². The highest BCUT2D eigenvalue weighted by Gasteiger charge is 2.47. The molecule has 2 N–H and O–H groups in total. The highest BCUT2D eigenvalue weighted by Crippen LogP contribution is 2.40. The lowest BCUT2D eigenvalue weighted by molar-refractivity contribution is -0.133. The van der Waals surface area contributed by atoms with Gasteiger partial charge in [0.05, 0.1) is 12.0 Å². The molecular formula is C18H13FN2O4. The van der Waals surface area contributed by atoms with Gasteiger partial charge in [0.15, 0.2) is 18.0 Å².